The maximum Gasteiger partial charge on any atom is 0.119 e. The Balaban J connectivity index is 1.60. The van der Waals surface area contributed by atoms with Crippen LogP contribution in [0, 0.1) is 23.2 Å². The Labute approximate surface area is 126 Å². The number of nitriles is 1. The average molecular weight is 288 g/mol. The van der Waals surface area contributed by atoms with Gasteiger partial charge in [0.1, 0.15) is 18.5 Å². The largest absolute Gasteiger partial charge is 0.491 e. The zero-order chi connectivity index (χ0) is 15.1. The SMILES string of the molecule is CC1CCC(CNCC(O)COc2ccc(C#N)cc2)C1. The van der Waals surface area contributed by atoms with Gasteiger partial charge in [0.25, 0.3) is 0 Å². The molecule has 0 bridgehead atoms. The first-order chi connectivity index (χ1) is 10.2. The molecular weight excluding hydrogens is 264 g/mol. The summed E-state index contributed by atoms with van der Waals surface area (Å²) < 4.78 is 5.51. The normalized spacial score (nSPS) is 22.7. The van der Waals surface area contributed by atoms with Crippen molar-refractivity contribution in [1.82, 2.24) is 5.32 Å². The number of ether oxygens (including phenoxy) is 1. The predicted octanol–water partition coefficient (Wildman–Crippen LogP) is 2.32. The first kappa shape index (κ1) is 15.8. The molecule has 114 valence electrons. The summed E-state index contributed by atoms with van der Waals surface area (Å²) in [6.07, 6.45) is 3.41. The Hall–Kier alpha value is -1.57. The van der Waals surface area contributed by atoms with Crippen molar-refractivity contribution >= 4 is 0 Å². The number of hydrogen-bond acceptors (Lipinski definition) is 4. The molecule has 0 heterocycles. The summed E-state index contributed by atoms with van der Waals surface area (Å²) in [7, 11) is 0. The van der Waals surface area contributed by atoms with E-state index in [1.807, 2.05) is 0 Å². The third-order valence-electron chi connectivity index (χ3n) is 4.04. The molecule has 3 unspecified atom stereocenters. The van der Waals surface area contributed by atoms with Crippen LogP contribution >= 0.6 is 0 Å². The molecule has 21 heavy (non-hydrogen) atoms. The summed E-state index contributed by atoms with van der Waals surface area (Å²) in [4.78, 5) is 0. The van der Waals surface area contributed by atoms with Crippen LogP contribution in [0.4, 0.5) is 0 Å². The Morgan fingerprint density at radius 1 is 1.38 bits per heavy atom. The van der Waals surface area contributed by atoms with Crippen molar-refractivity contribution in [2.75, 3.05) is 19.7 Å². The highest BCUT2D eigenvalue weighted by Gasteiger charge is 2.20. The highest BCUT2D eigenvalue weighted by atomic mass is 16.5. The lowest BCUT2D eigenvalue weighted by molar-refractivity contribution is 0.105. The molecule has 0 saturated heterocycles. The molecule has 0 radical (unpaired) electrons. The molecule has 4 nitrogen and oxygen atoms in total. The van der Waals surface area contributed by atoms with Gasteiger partial charge in [0.05, 0.1) is 11.6 Å². The number of aliphatic hydroxyl groups excluding tert-OH is 1. The molecule has 2 N–H and O–H groups in total. The second kappa shape index (κ2) is 8.02. The number of hydrogen-bond donors (Lipinski definition) is 2. The fraction of sp³-hybridized carbons (Fsp3) is 0.588. The van der Waals surface area contributed by atoms with Gasteiger partial charge in [-0.25, -0.2) is 0 Å². The monoisotopic (exact) mass is 288 g/mol. The van der Waals surface area contributed by atoms with Gasteiger partial charge in [-0.3, -0.25) is 0 Å². The summed E-state index contributed by atoms with van der Waals surface area (Å²) >= 11 is 0. The number of nitrogens with zero attached hydrogens (tertiary/aromatic N) is 1. The average Bonchev–Trinajstić information content (AvgIpc) is 2.91. The summed E-state index contributed by atoms with van der Waals surface area (Å²) in [5, 5.41) is 21.9. The van der Waals surface area contributed by atoms with E-state index < -0.39 is 6.10 Å². The van der Waals surface area contributed by atoms with Gasteiger partial charge in [-0.1, -0.05) is 13.3 Å². The molecule has 1 aromatic carbocycles. The molecule has 0 spiro atoms. The number of rotatable bonds is 7. The van der Waals surface area contributed by atoms with E-state index in [0.717, 1.165) is 18.4 Å². The van der Waals surface area contributed by atoms with Crippen molar-refractivity contribution in [3.63, 3.8) is 0 Å². The summed E-state index contributed by atoms with van der Waals surface area (Å²) in [5.74, 6) is 2.28. The molecule has 1 aliphatic carbocycles. The molecule has 0 aromatic heterocycles. The third kappa shape index (κ3) is 5.37. The second-order valence-corrected chi connectivity index (χ2v) is 6.04. The summed E-state index contributed by atoms with van der Waals surface area (Å²) in [6, 6.07) is 8.98. The summed E-state index contributed by atoms with van der Waals surface area (Å²) in [6.45, 7) is 4.11. The zero-order valence-corrected chi connectivity index (χ0v) is 12.6. The molecule has 2 rings (SSSR count). The minimum Gasteiger partial charge on any atom is -0.491 e. The first-order valence-corrected chi connectivity index (χ1v) is 7.69. The molecule has 4 heteroatoms. The van der Waals surface area contributed by atoms with Gasteiger partial charge in [0, 0.05) is 6.54 Å². The van der Waals surface area contributed by atoms with E-state index in [1.54, 1.807) is 24.3 Å². The lowest BCUT2D eigenvalue weighted by Crippen LogP contribution is -2.33. The fourth-order valence-electron chi connectivity index (χ4n) is 2.84. The molecule has 1 saturated carbocycles. The van der Waals surface area contributed by atoms with Gasteiger partial charge in [0.2, 0.25) is 0 Å². The molecule has 3 atom stereocenters. The Morgan fingerprint density at radius 2 is 2.14 bits per heavy atom. The Morgan fingerprint density at radius 3 is 2.76 bits per heavy atom. The van der Waals surface area contributed by atoms with Crippen LogP contribution < -0.4 is 10.1 Å². The summed E-state index contributed by atoms with van der Waals surface area (Å²) in [5.41, 5.74) is 0.607. The highest BCUT2D eigenvalue weighted by molar-refractivity contribution is 5.34. The van der Waals surface area contributed by atoms with E-state index in [-0.39, 0.29) is 6.61 Å². The second-order valence-electron chi connectivity index (χ2n) is 6.04. The molecular formula is C17H24N2O2. The van der Waals surface area contributed by atoms with Crippen LogP contribution in [0.3, 0.4) is 0 Å². The van der Waals surface area contributed by atoms with Crippen LogP contribution in [0.25, 0.3) is 0 Å². The van der Waals surface area contributed by atoms with Gasteiger partial charge >= 0.3 is 0 Å². The topological polar surface area (TPSA) is 65.3 Å². The fourth-order valence-corrected chi connectivity index (χ4v) is 2.84. The van der Waals surface area contributed by atoms with Crippen LogP contribution in [0.15, 0.2) is 24.3 Å². The number of nitrogens with one attached hydrogen (secondary N) is 1. The van der Waals surface area contributed by atoms with E-state index in [1.165, 1.54) is 19.3 Å². The Bertz CT molecular complexity index is 467. The third-order valence-corrected chi connectivity index (χ3v) is 4.04. The van der Waals surface area contributed by atoms with Crippen LogP contribution in [-0.2, 0) is 0 Å². The Kier molecular flexibility index (Phi) is 6.04. The van der Waals surface area contributed by atoms with E-state index in [4.69, 9.17) is 10.00 Å². The van der Waals surface area contributed by atoms with Gasteiger partial charge in [0.15, 0.2) is 0 Å². The molecule has 1 fully saturated rings. The van der Waals surface area contributed by atoms with Crippen molar-refractivity contribution in [2.24, 2.45) is 11.8 Å². The van der Waals surface area contributed by atoms with Crippen LogP contribution in [0.5, 0.6) is 5.75 Å². The van der Waals surface area contributed by atoms with E-state index in [2.05, 4.69) is 18.3 Å². The molecule has 1 aliphatic rings. The molecule has 0 amide bonds. The zero-order valence-electron chi connectivity index (χ0n) is 12.6. The van der Waals surface area contributed by atoms with Gasteiger partial charge < -0.3 is 15.2 Å². The van der Waals surface area contributed by atoms with E-state index in [0.29, 0.717) is 17.9 Å². The minimum absolute atomic E-state index is 0.264. The first-order valence-electron chi connectivity index (χ1n) is 7.69. The van der Waals surface area contributed by atoms with Gasteiger partial charge in [-0.15, -0.1) is 0 Å². The molecule has 0 aliphatic heterocycles. The quantitative estimate of drug-likeness (QED) is 0.808. The smallest absolute Gasteiger partial charge is 0.119 e. The number of aliphatic hydroxyl groups is 1. The van der Waals surface area contributed by atoms with E-state index in [9.17, 15) is 5.11 Å². The lowest BCUT2D eigenvalue weighted by atomic mass is 10.1. The van der Waals surface area contributed by atoms with Crippen molar-refractivity contribution < 1.29 is 9.84 Å². The predicted molar refractivity (Wildman–Crippen MR) is 82.0 cm³/mol. The standard InChI is InChI=1S/C17H24N2O2/c1-13-2-3-15(8-13)10-19-11-16(20)12-21-17-6-4-14(9-18)5-7-17/h4-7,13,15-16,19-20H,2-3,8,10-12H2,1H3. The molecule has 1 aromatic rings. The maximum atomic E-state index is 9.90. The van der Waals surface area contributed by atoms with Gasteiger partial charge in [-0.05, 0) is 55.5 Å². The van der Waals surface area contributed by atoms with Crippen molar-refractivity contribution in [3.05, 3.63) is 29.8 Å². The van der Waals surface area contributed by atoms with Crippen molar-refractivity contribution in [1.29, 1.82) is 5.26 Å². The maximum absolute atomic E-state index is 9.90. The minimum atomic E-state index is -0.514. The van der Waals surface area contributed by atoms with Gasteiger partial charge in [-0.2, -0.15) is 5.26 Å². The van der Waals surface area contributed by atoms with Crippen molar-refractivity contribution in [2.45, 2.75) is 32.3 Å². The highest BCUT2D eigenvalue weighted by Crippen LogP contribution is 2.29. The van der Waals surface area contributed by atoms with E-state index >= 15 is 0 Å². The van der Waals surface area contributed by atoms with Crippen LogP contribution in [0.1, 0.15) is 31.7 Å². The van der Waals surface area contributed by atoms with Crippen LogP contribution in [-0.4, -0.2) is 30.9 Å². The number of benzene rings is 1. The van der Waals surface area contributed by atoms with Crippen molar-refractivity contribution in [3.8, 4) is 11.8 Å². The van der Waals surface area contributed by atoms with Crippen LogP contribution in [0.2, 0.25) is 0 Å². The lowest BCUT2D eigenvalue weighted by Gasteiger charge is -2.15.